The predicted molar refractivity (Wildman–Crippen MR) is 97.7 cm³/mol. The SMILES string of the molecule is c1cc(N2CCN(c3nc(C4CC4)ns3)CC2)nc(-n2ccnc2)c1. The van der Waals surface area contributed by atoms with Gasteiger partial charge in [-0.15, -0.1) is 0 Å². The van der Waals surface area contributed by atoms with E-state index in [9.17, 15) is 0 Å². The molecule has 0 amide bonds. The highest BCUT2D eigenvalue weighted by molar-refractivity contribution is 7.09. The summed E-state index contributed by atoms with van der Waals surface area (Å²) in [5.41, 5.74) is 0. The van der Waals surface area contributed by atoms with Gasteiger partial charge in [0.25, 0.3) is 0 Å². The number of hydrogen-bond donors (Lipinski definition) is 0. The molecule has 0 aromatic carbocycles. The van der Waals surface area contributed by atoms with Gasteiger partial charge in [-0.05, 0) is 25.0 Å². The zero-order chi connectivity index (χ0) is 16.6. The van der Waals surface area contributed by atoms with Crippen LogP contribution in [0.1, 0.15) is 24.6 Å². The molecule has 3 aromatic rings. The molecule has 128 valence electrons. The summed E-state index contributed by atoms with van der Waals surface area (Å²) in [7, 11) is 0. The molecule has 25 heavy (non-hydrogen) atoms. The summed E-state index contributed by atoms with van der Waals surface area (Å²) >= 11 is 1.54. The second kappa shape index (κ2) is 6.11. The number of anilines is 2. The fraction of sp³-hybridized carbons (Fsp3) is 0.412. The van der Waals surface area contributed by atoms with Gasteiger partial charge < -0.3 is 9.80 Å². The predicted octanol–water partition coefficient (Wildman–Crippen LogP) is 2.32. The maximum Gasteiger partial charge on any atom is 0.205 e. The van der Waals surface area contributed by atoms with Crippen molar-refractivity contribution in [2.75, 3.05) is 36.0 Å². The fourth-order valence-corrected chi connectivity index (χ4v) is 3.91. The van der Waals surface area contributed by atoms with Crippen molar-refractivity contribution >= 4 is 22.5 Å². The molecule has 7 nitrogen and oxygen atoms in total. The Balaban J connectivity index is 1.27. The van der Waals surface area contributed by atoms with E-state index in [4.69, 9.17) is 9.97 Å². The molecule has 0 bridgehead atoms. The highest BCUT2D eigenvalue weighted by atomic mass is 32.1. The Hall–Kier alpha value is -2.48. The van der Waals surface area contributed by atoms with Crippen molar-refractivity contribution < 1.29 is 0 Å². The summed E-state index contributed by atoms with van der Waals surface area (Å²) in [5, 5.41) is 1.07. The minimum absolute atomic E-state index is 0.626. The molecule has 5 rings (SSSR count). The molecular weight excluding hydrogens is 334 g/mol. The minimum atomic E-state index is 0.626. The van der Waals surface area contributed by atoms with Crippen molar-refractivity contribution in [2.45, 2.75) is 18.8 Å². The maximum atomic E-state index is 4.78. The van der Waals surface area contributed by atoms with E-state index in [0.717, 1.165) is 48.8 Å². The zero-order valence-electron chi connectivity index (χ0n) is 13.8. The fourth-order valence-electron chi connectivity index (χ4n) is 3.12. The topological polar surface area (TPSA) is 63.0 Å². The van der Waals surface area contributed by atoms with Crippen LogP contribution in [0.2, 0.25) is 0 Å². The number of pyridine rings is 1. The van der Waals surface area contributed by atoms with Crippen LogP contribution in [0.5, 0.6) is 0 Å². The highest BCUT2D eigenvalue weighted by Gasteiger charge is 2.29. The van der Waals surface area contributed by atoms with Crippen molar-refractivity contribution in [3.05, 3.63) is 42.7 Å². The van der Waals surface area contributed by atoms with Gasteiger partial charge in [0, 0.05) is 56.0 Å². The average molecular weight is 353 g/mol. The number of piperazine rings is 1. The normalized spacial score (nSPS) is 17.9. The Morgan fingerprint density at radius 3 is 2.52 bits per heavy atom. The summed E-state index contributed by atoms with van der Waals surface area (Å²) in [6.07, 6.45) is 7.96. The van der Waals surface area contributed by atoms with Gasteiger partial charge in [0.05, 0.1) is 0 Å². The van der Waals surface area contributed by atoms with E-state index in [0.29, 0.717) is 5.92 Å². The number of rotatable bonds is 4. The van der Waals surface area contributed by atoms with Crippen molar-refractivity contribution in [1.82, 2.24) is 23.9 Å². The molecule has 1 saturated carbocycles. The van der Waals surface area contributed by atoms with Crippen molar-refractivity contribution in [3.8, 4) is 5.82 Å². The van der Waals surface area contributed by atoms with Crippen LogP contribution in [0, 0.1) is 0 Å². The van der Waals surface area contributed by atoms with Crippen LogP contribution in [0.25, 0.3) is 5.82 Å². The first-order valence-electron chi connectivity index (χ1n) is 8.66. The Kier molecular flexibility index (Phi) is 3.62. The first-order valence-corrected chi connectivity index (χ1v) is 9.43. The molecule has 0 spiro atoms. The van der Waals surface area contributed by atoms with Crippen molar-refractivity contribution in [2.24, 2.45) is 0 Å². The monoisotopic (exact) mass is 353 g/mol. The van der Waals surface area contributed by atoms with Crippen LogP contribution >= 0.6 is 11.5 Å². The molecule has 0 N–H and O–H groups in total. The van der Waals surface area contributed by atoms with Gasteiger partial charge in [0.2, 0.25) is 5.13 Å². The van der Waals surface area contributed by atoms with E-state index < -0.39 is 0 Å². The number of nitrogens with zero attached hydrogens (tertiary/aromatic N) is 7. The summed E-state index contributed by atoms with van der Waals surface area (Å²) in [5.74, 6) is 3.59. The highest BCUT2D eigenvalue weighted by Crippen LogP contribution is 2.39. The Bertz CT molecular complexity index is 848. The Morgan fingerprint density at radius 1 is 0.960 bits per heavy atom. The smallest absolute Gasteiger partial charge is 0.205 e. The van der Waals surface area contributed by atoms with E-state index in [2.05, 4.69) is 31.3 Å². The second-order valence-corrected chi connectivity index (χ2v) is 7.24. The summed E-state index contributed by atoms with van der Waals surface area (Å²) in [6.45, 7) is 3.80. The Morgan fingerprint density at radius 2 is 1.76 bits per heavy atom. The molecular formula is C17H19N7S. The van der Waals surface area contributed by atoms with E-state index in [1.807, 2.05) is 16.8 Å². The van der Waals surface area contributed by atoms with Gasteiger partial charge in [-0.1, -0.05) is 6.07 Å². The first kappa shape index (κ1) is 14.8. The van der Waals surface area contributed by atoms with Crippen LogP contribution < -0.4 is 9.80 Å². The lowest BCUT2D eigenvalue weighted by atomic mass is 10.3. The number of aromatic nitrogens is 5. The van der Waals surface area contributed by atoms with Crippen LogP contribution in [-0.4, -0.2) is 50.1 Å². The van der Waals surface area contributed by atoms with Gasteiger partial charge in [0.15, 0.2) is 0 Å². The van der Waals surface area contributed by atoms with Gasteiger partial charge in [0.1, 0.15) is 23.8 Å². The maximum absolute atomic E-state index is 4.78. The van der Waals surface area contributed by atoms with Gasteiger partial charge in [-0.2, -0.15) is 4.37 Å². The van der Waals surface area contributed by atoms with E-state index in [1.54, 1.807) is 24.1 Å². The summed E-state index contributed by atoms with van der Waals surface area (Å²) < 4.78 is 6.46. The van der Waals surface area contributed by atoms with Crippen LogP contribution in [0.15, 0.2) is 36.9 Å². The molecule has 3 aromatic heterocycles. The summed E-state index contributed by atoms with van der Waals surface area (Å²) in [6, 6.07) is 6.13. The molecule has 0 atom stereocenters. The molecule has 4 heterocycles. The van der Waals surface area contributed by atoms with Gasteiger partial charge in [-0.3, -0.25) is 4.57 Å². The number of imidazole rings is 1. The molecule has 2 fully saturated rings. The molecule has 8 heteroatoms. The molecule has 0 unspecified atom stereocenters. The van der Waals surface area contributed by atoms with Gasteiger partial charge in [-0.25, -0.2) is 15.0 Å². The van der Waals surface area contributed by atoms with Crippen LogP contribution in [0.3, 0.4) is 0 Å². The third kappa shape index (κ3) is 2.97. The van der Waals surface area contributed by atoms with E-state index in [1.165, 1.54) is 12.8 Å². The van der Waals surface area contributed by atoms with Crippen LogP contribution in [0.4, 0.5) is 10.9 Å². The zero-order valence-corrected chi connectivity index (χ0v) is 14.6. The molecule has 1 aliphatic carbocycles. The van der Waals surface area contributed by atoms with E-state index in [-0.39, 0.29) is 0 Å². The second-order valence-electron chi connectivity index (χ2n) is 6.51. The van der Waals surface area contributed by atoms with Crippen molar-refractivity contribution in [3.63, 3.8) is 0 Å². The molecule has 0 radical (unpaired) electrons. The van der Waals surface area contributed by atoms with Crippen molar-refractivity contribution in [1.29, 1.82) is 0 Å². The lowest BCUT2D eigenvalue weighted by molar-refractivity contribution is 0.644. The largest absolute Gasteiger partial charge is 0.353 e. The van der Waals surface area contributed by atoms with Crippen LogP contribution in [-0.2, 0) is 0 Å². The first-order chi connectivity index (χ1) is 12.4. The van der Waals surface area contributed by atoms with Gasteiger partial charge >= 0.3 is 0 Å². The third-order valence-electron chi connectivity index (χ3n) is 4.74. The third-order valence-corrected chi connectivity index (χ3v) is 5.53. The average Bonchev–Trinajstić information content (AvgIpc) is 3.17. The minimum Gasteiger partial charge on any atom is -0.353 e. The molecule has 1 saturated heterocycles. The quantitative estimate of drug-likeness (QED) is 0.717. The standard InChI is InChI=1S/C17H19N7S/c1-2-14(19-15(3-1)24-7-6-18-12-24)22-8-10-23(11-9-22)17-20-16(21-25-17)13-4-5-13/h1-3,6-7,12-13H,4-5,8-11H2. The summed E-state index contributed by atoms with van der Waals surface area (Å²) in [4.78, 5) is 18.3. The lowest BCUT2D eigenvalue weighted by Crippen LogP contribution is -2.46. The number of hydrogen-bond acceptors (Lipinski definition) is 7. The Labute approximate surface area is 150 Å². The molecule has 2 aliphatic rings. The van der Waals surface area contributed by atoms with E-state index >= 15 is 0 Å². The lowest BCUT2D eigenvalue weighted by Gasteiger charge is -2.35. The molecule has 1 aliphatic heterocycles.